The topological polar surface area (TPSA) is 35.5 Å². The van der Waals surface area contributed by atoms with Gasteiger partial charge in [0.25, 0.3) is 0 Å². The molecule has 0 saturated carbocycles. The first-order valence-corrected chi connectivity index (χ1v) is 5.50. The molecule has 0 aliphatic heterocycles. The lowest BCUT2D eigenvalue weighted by Gasteiger charge is -2.32. The Morgan fingerprint density at radius 2 is 2.18 bits per heavy atom. The van der Waals surface area contributed by atoms with Gasteiger partial charge in [0.2, 0.25) is 0 Å². The molecule has 1 atom stereocenters. The summed E-state index contributed by atoms with van der Waals surface area (Å²) in [4.78, 5) is 10.7. The van der Waals surface area contributed by atoms with Gasteiger partial charge in [0.05, 0.1) is 0 Å². The predicted molar refractivity (Wildman–Crippen MR) is 60.0 cm³/mol. The first kappa shape index (κ1) is 12.2. The van der Waals surface area contributed by atoms with E-state index in [1.165, 1.54) is 26.4 Å². The van der Waals surface area contributed by atoms with Gasteiger partial charge in [0.15, 0.2) is 5.79 Å². The highest BCUT2D eigenvalue weighted by Gasteiger charge is 2.47. The van der Waals surface area contributed by atoms with Crippen LogP contribution in [-0.2, 0) is 26.5 Å². The minimum absolute atomic E-state index is 0.105. The van der Waals surface area contributed by atoms with Gasteiger partial charge in [-0.1, -0.05) is 6.07 Å². The smallest absolute Gasteiger partial charge is 0.198 e. The van der Waals surface area contributed by atoms with Crippen LogP contribution in [0.1, 0.15) is 17.5 Å². The van der Waals surface area contributed by atoms with Crippen LogP contribution >= 0.6 is 0 Å². The van der Waals surface area contributed by atoms with E-state index in [2.05, 4.69) is 0 Å². The van der Waals surface area contributed by atoms with Crippen molar-refractivity contribution in [2.24, 2.45) is 5.92 Å². The van der Waals surface area contributed by atoms with Gasteiger partial charge in [0, 0.05) is 32.1 Å². The van der Waals surface area contributed by atoms with Gasteiger partial charge in [-0.15, -0.1) is 0 Å². The molecule has 1 aliphatic rings. The van der Waals surface area contributed by atoms with Crippen molar-refractivity contribution in [3.8, 4) is 0 Å². The molecule has 0 aromatic heterocycles. The average Bonchev–Trinajstić information content (AvgIpc) is 2.63. The van der Waals surface area contributed by atoms with Crippen LogP contribution in [-0.4, -0.2) is 20.5 Å². The number of ether oxygens (including phenoxy) is 2. The minimum Gasteiger partial charge on any atom is -0.349 e. The molecule has 0 fully saturated rings. The van der Waals surface area contributed by atoms with Crippen LogP contribution < -0.4 is 0 Å². The molecule has 0 amide bonds. The summed E-state index contributed by atoms with van der Waals surface area (Å²) in [5, 5.41) is 0. The lowest BCUT2D eigenvalue weighted by atomic mass is 9.96. The van der Waals surface area contributed by atoms with Crippen LogP contribution in [0.25, 0.3) is 0 Å². The fourth-order valence-electron chi connectivity index (χ4n) is 2.66. The fourth-order valence-corrected chi connectivity index (χ4v) is 2.66. The van der Waals surface area contributed by atoms with Crippen LogP contribution in [0.2, 0.25) is 0 Å². The second-order valence-corrected chi connectivity index (χ2v) is 4.18. The summed E-state index contributed by atoms with van der Waals surface area (Å²) in [6, 6.07) is 4.56. The number of hydrogen-bond acceptors (Lipinski definition) is 3. The quantitative estimate of drug-likeness (QED) is 0.594. The number of carbonyl (C=O) groups is 1. The third kappa shape index (κ3) is 1.77. The fraction of sp³-hybridized carbons (Fsp3) is 0.462. The molecule has 1 aliphatic carbocycles. The Labute approximate surface area is 99.5 Å². The van der Waals surface area contributed by atoms with Gasteiger partial charge in [-0.2, -0.15) is 0 Å². The zero-order chi connectivity index (χ0) is 12.5. The maximum Gasteiger partial charge on any atom is 0.198 e. The van der Waals surface area contributed by atoms with E-state index in [-0.39, 0.29) is 11.7 Å². The van der Waals surface area contributed by atoms with Crippen molar-refractivity contribution in [1.29, 1.82) is 0 Å². The standard InChI is InChI=1S/C13H15FO3/c1-16-13(17-2)10(5-6-15)7-9-3-4-11(14)8-12(9)13/h3-4,6,8,10H,5,7H2,1-2H3. The molecule has 0 spiro atoms. The first-order valence-electron chi connectivity index (χ1n) is 5.50. The Morgan fingerprint density at radius 3 is 2.76 bits per heavy atom. The monoisotopic (exact) mass is 238 g/mol. The Morgan fingerprint density at radius 1 is 1.47 bits per heavy atom. The van der Waals surface area contributed by atoms with E-state index in [9.17, 15) is 9.18 Å². The van der Waals surface area contributed by atoms with Crippen molar-refractivity contribution >= 4 is 6.29 Å². The van der Waals surface area contributed by atoms with Crippen molar-refractivity contribution in [1.82, 2.24) is 0 Å². The Hall–Kier alpha value is -1.26. The van der Waals surface area contributed by atoms with Gasteiger partial charge in [0.1, 0.15) is 12.1 Å². The second kappa shape index (κ2) is 4.55. The molecule has 0 bridgehead atoms. The largest absolute Gasteiger partial charge is 0.349 e. The van der Waals surface area contributed by atoms with E-state index in [1.54, 1.807) is 6.07 Å². The van der Waals surface area contributed by atoms with E-state index >= 15 is 0 Å². The molecule has 1 aromatic rings. The Kier molecular flexibility index (Phi) is 3.26. The summed E-state index contributed by atoms with van der Waals surface area (Å²) in [6.45, 7) is 0. The molecule has 1 unspecified atom stereocenters. The van der Waals surface area contributed by atoms with Gasteiger partial charge < -0.3 is 14.3 Å². The first-order chi connectivity index (χ1) is 8.17. The Balaban J connectivity index is 2.51. The zero-order valence-corrected chi connectivity index (χ0v) is 9.90. The molecule has 0 N–H and O–H groups in total. The molecular formula is C13H15FO3. The summed E-state index contributed by atoms with van der Waals surface area (Å²) >= 11 is 0. The summed E-state index contributed by atoms with van der Waals surface area (Å²) in [7, 11) is 3.03. The summed E-state index contributed by atoms with van der Waals surface area (Å²) in [6.07, 6.45) is 1.84. The zero-order valence-electron chi connectivity index (χ0n) is 9.90. The van der Waals surface area contributed by atoms with Gasteiger partial charge >= 0.3 is 0 Å². The number of hydrogen-bond donors (Lipinski definition) is 0. The maximum absolute atomic E-state index is 13.3. The minimum atomic E-state index is -1.00. The number of fused-ring (bicyclic) bond motifs is 1. The molecule has 1 aromatic carbocycles. The van der Waals surface area contributed by atoms with E-state index < -0.39 is 5.79 Å². The highest BCUT2D eigenvalue weighted by molar-refractivity contribution is 5.52. The third-order valence-electron chi connectivity index (χ3n) is 3.44. The van der Waals surface area contributed by atoms with Crippen LogP contribution in [0.15, 0.2) is 18.2 Å². The molecule has 0 radical (unpaired) electrons. The van der Waals surface area contributed by atoms with Gasteiger partial charge in [-0.25, -0.2) is 4.39 Å². The molecule has 3 nitrogen and oxygen atoms in total. The normalized spacial score (nSPS) is 21.2. The number of halogens is 1. The molecule has 0 saturated heterocycles. The van der Waals surface area contributed by atoms with Crippen molar-refractivity contribution in [3.05, 3.63) is 35.1 Å². The van der Waals surface area contributed by atoms with E-state index in [1.807, 2.05) is 0 Å². The SMILES string of the molecule is COC1(OC)c2cc(F)ccc2CC1CC=O. The summed E-state index contributed by atoms with van der Waals surface area (Å²) in [5.74, 6) is -1.43. The average molecular weight is 238 g/mol. The highest BCUT2D eigenvalue weighted by atomic mass is 19.1. The third-order valence-corrected chi connectivity index (χ3v) is 3.44. The van der Waals surface area contributed by atoms with Crippen molar-refractivity contribution < 1.29 is 18.7 Å². The van der Waals surface area contributed by atoms with Crippen LogP contribution in [0.3, 0.4) is 0 Å². The number of carbonyl (C=O) groups excluding carboxylic acids is 1. The lowest BCUT2D eigenvalue weighted by Crippen LogP contribution is -2.36. The Bertz CT molecular complexity index is 427. The van der Waals surface area contributed by atoms with Crippen LogP contribution in [0.4, 0.5) is 4.39 Å². The predicted octanol–water partition coefficient (Wildman–Crippen LogP) is 2.03. The number of methoxy groups -OCH3 is 2. The number of benzene rings is 1. The highest BCUT2D eigenvalue weighted by Crippen LogP contribution is 2.45. The van der Waals surface area contributed by atoms with Crippen molar-refractivity contribution in [2.75, 3.05) is 14.2 Å². The second-order valence-electron chi connectivity index (χ2n) is 4.18. The van der Waals surface area contributed by atoms with Crippen molar-refractivity contribution in [2.45, 2.75) is 18.6 Å². The van der Waals surface area contributed by atoms with Crippen molar-refractivity contribution in [3.63, 3.8) is 0 Å². The molecule has 4 heteroatoms. The van der Waals surface area contributed by atoms with Gasteiger partial charge in [-0.3, -0.25) is 0 Å². The molecule has 0 heterocycles. The van der Waals surface area contributed by atoms with Crippen LogP contribution in [0.5, 0.6) is 0 Å². The van der Waals surface area contributed by atoms with E-state index in [0.717, 1.165) is 11.8 Å². The molecule has 2 rings (SSSR count). The lowest BCUT2D eigenvalue weighted by molar-refractivity contribution is -0.242. The summed E-state index contributed by atoms with van der Waals surface area (Å²) in [5.41, 5.74) is 1.66. The van der Waals surface area contributed by atoms with E-state index in [0.29, 0.717) is 18.4 Å². The number of rotatable bonds is 4. The number of aldehydes is 1. The maximum atomic E-state index is 13.3. The summed E-state index contributed by atoms with van der Waals surface area (Å²) < 4.78 is 24.2. The van der Waals surface area contributed by atoms with E-state index in [4.69, 9.17) is 9.47 Å². The molecular weight excluding hydrogens is 223 g/mol. The molecule has 17 heavy (non-hydrogen) atoms. The van der Waals surface area contributed by atoms with Crippen LogP contribution in [0, 0.1) is 11.7 Å². The van der Waals surface area contributed by atoms with Gasteiger partial charge in [-0.05, 0) is 24.1 Å². The molecule has 92 valence electrons.